The van der Waals surface area contributed by atoms with Crippen molar-refractivity contribution in [2.45, 2.75) is 32.7 Å². The van der Waals surface area contributed by atoms with Crippen molar-refractivity contribution >= 4 is 11.0 Å². The lowest BCUT2D eigenvalue weighted by molar-refractivity contribution is 0.276. The maximum absolute atomic E-state index is 5.69. The maximum atomic E-state index is 5.69. The summed E-state index contributed by atoms with van der Waals surface area (Å²) in [7, 11) is 0. The van der Waals surface area contributed by atoms with Gasteiger partial charge in [-0.25, -0.2) is 4.68 Å². The fraction of sp³-hybridized carbons (Fsp3) is 0.500. The number of hydrogen-bond donors (Lipinski definition) is 0. The minimum absolute atomic E-state index is 0.106. The summed E-state index contributed by atoms with van der Waals surface area (Å²) in [6, 6.07) is 4.22. The molecule has 4 nitrogen and oxygen atoms in total. The summed E-state index contributed by atoms with van der Waals surface area (Å²) >= 11 is 0. The van der Waals surface area contributed by atoms with E-state index in [2.05, 4.69) is 43.2 Å². The van der Waals surface area contributed by atoms with Crippen LogP contribution in [-0.2, 0) is 12.0 Å². The smallest absolute Gasteiger partial charge is 0.147 e. The zero-order chi connectivity index (χ0) is 11.3. The van der Waals surface area contributed by atoms with Gasteiger partial charge in [0.2, 0.25) is 0 Å². The number of rotatable bonds is 0. The second-order valence-electron chi connectivity index (χ2n) is 5.25. The first-order chi connectivity index (χ1) is 7.55. The highest BCUT2D eigenvalue weighted by molar-refractivity contribution is 5.82. The van der Waals surface area contributed by atoms with Gasteiger partial charge >= 0.3 is 0 Å². The Hall–Kier alpha value is -1.58. The minimum atomic E-state index is 0.106. The van der Waals surface area contributed by atoms with Crippen molar-refractivity contribution in [1.82, 2.24) is 15.0 Å². The standard InChI is InChI=1S/C12H15N3O/c1-12(2,3)8-6-9-11-10(7-8)16-5-4-15(11)14-13-9/h6-7H,4-5H2,1-3H3. The molecule has 0 aliphatic carbocycles. The molecule has 2 aromatic rings. The third-order valence-corrected chi connectivity index (χ3v) is 3.00. The van der Waals surface area contributed by atoms with Crippen LogP contribution in [0.2, 0.25) is 0 Å². The van der Waals surface area contributed by atoms with E-state index in [1.54, 1.807) is 0 Å². The number of benzene rings is 1. The van der Waals surface area contributed by atoms with E-state index in [-0.39, 0.29) is 5.41 Å². The molecule has 1 aliphatic heterocycles. The molecule has 0 spiro atoms. The minimum Gasteiger partial charge on any atom is -0.489 e. The number of ether oxygens (including phenoxy) is 1. The monoisotopic (exact) mass is 217 g/mol. The average Bonchev–Trinajstić information content (AvgIpc) is 2.62. The van der Waals surface area contributed by atoms with Gasteiger partial charge in [-0.1, -0.05) is 26.0 Å². The third kappa shape index (κ3) is 1.29. The zero-order valence-electron chi connectivity index (χ0n) is 9.82. The normalized spacial score (nSPS) is 15.2. The molecule has 0 N–H and O–H groups in total. The van der Waals surface area contributed by atoms with Gasteiger partial charge in [0, 0.05) is 0 Å². The summed E-state index contributed by atoms with van der Waals surface area (Å²) in [4.78, 5) is 0. The maximum Gasteiger partial charge on any atom is 0.147 e. The van der Waals surface area contributed by atoms with Crippen molar-refractivity contribution in [1.29, 1.82) is 0 Å². The Kier molecular flexibility index (Phi) is 1.79. The van der Waals surface area contributed by atoms with Crippen molar-refractivity contribution in [3.63, 3.8) is 0 Å². The summed E-state index contributed by atoms with van der Waals surface area (Å²) < 4.78 is 7.61. The van der Waals surface area contributed by atoms with Crippen LogP contribution in [0.25, 0.3) is 11.0 Å². The molecule has 0 fully saturated rings. The van der Waals surface area contributed by atoms with Crippen LogP contribution in [0.3, 0.4) is 0 Å². The van der Waals surface area contributed by atoms with Crippen LogP contribution in [0.4, 0.5) is 0 Å². The fourth-order valence-corrected chi connectivity index (χ4v) is 2.02. The Morgan fingerprint density at radius 2 is 2.12 bits per heavy atom. The lowest BCUT2D eigenvalue weighted by atomic mass is 9.86. The second kappa shape index (κ2) is 2.97. The van der Waals surface area contributed by atoms with Gasteiger partial charge in [0.05, 0.1) is 6.54 Å². The van der Waals surface area contributed by atoms with Crippen LogP contribution in [0.15, 0.2) is 12.1 Å². The topological polar surface area (TPSA) is 39.9 Å². The van der Waals surface area contributed by atoms with Crippen molar-refractivity contribution in [2.75, 3.05) is 6.61 Å². The van der Waals surface area contributed by atoms with Crippen LogP contribution in [0, 0.1) is 0 Å². The van der Waals surface area contributed by atoms with Crippen LogP contribution in [0.1, 0.15) is 26.3 Å². The molecule has 0 saturated heterocycles. The molecule has 3 rings (SSSR count). The van der Waals surface area contributed by atoms with Gasteiger partial charge in [0.15, 0.2) is 0 Å². The van der Waals surface area contributed by atoms with Gasteiger partial charge in [-0.05, 0) is 23.1 Å². The quantitative estimate of drug-likeness (QED) is 0.678. The Labute approximate surface area is 94.2 Å². The average molecular weight is 217 g/mol. The number of nitrogens with zero attached hydrogens (tertiary/aromatic N) is 3. The third-order valence-electron chi connectivity index (χ3n) is 3.00. The fourth-order valence-electron chi connectivity index (χ4n) is 2.02. The summed E-state index contributed by atoms with van der Waals surface area (Å²) in [5, 5.41) is 8.33. The zero-order valence-corrected chi connectivity index (χ0v) is 9.82. The van der Waals surface area contributed by atoms with E-state index in [0.717, 1.165) is 23.3 Å². The van der Waals surface area contributed by atoms with E-state index in [9.17, 15) is 0 Å². The van der Waals surface area contributed by atoms with Gasteiger partial charge < -0.3 is 4.74 Å². The van der Waals surface area contributed by atoms with E-state index >= 15 is 0 Å². The number of aromatic nitrogens is 3. The molecule has 0 radical (unpaired) electrons. The van der Waals surface area contributed by atoms with Gasteiger partial charge in [0.25, 0.3) is 0 Å². The van der Waals surface area contributed by atoms with Crippen LogP contribution in [-0.4, -0.2) is 21.6 Å². The van der Waals surface area contributed by atoms with Crippen molar-refractivity contribution in [3.05, 3.63) is 17.7 Å². The molecule has 1 aliphatic rings. The van der Waals surface area contributed by atoms with Crippen LogP contribution < -0.4 is 4.74 Å². The predicted octanol–water partition coefficient (Wildman–Crippen LogP) is 2.12. The Balaban J connectivity index is 2.31. The largest absolute Gasteiger partial charge is 0.489 e. The molecule has 0 unspecified atom stereocenters. The van der Waals surface area contributed by atoms with E-state index in [1.165, 1.54) is 5.56 Å². The second-order valence-corrected chi connectivity index (χ2v) is 5.25. The first-order valence-electron chi connectivity index (χ1n) is 5.56. The molecule has 0 bridgehead atoms. The molecular weight excluding hydrogens is 202 g/mol. The molecule has 16 heavy (non-hydrogen) atoms. The molecule has 84 valence electrons. The molecule has 2 heterocycles. The van der Waals surface area contributed by atoms with Crippen LogP contribution >= 0.6 is 0 Å². The summed E-state index contributed by atoms with van der Waals surface area (Å²) in [5.41, 5.74) is 3.31. The van der Waals surface area contributed by atoms with Crippen molar-refractivity contribution < 1.29 is 4.74 Å². The van der Waals surface area contributed by atoms with Gasteiger partial charge in [-0.3, -0.25) is 0 Å². The van der Waals surface area contributed by atoms with Gasteiger partial charge in [0.1, 0.15) is 23.4 Å². The molecular formula is C12H15N3O. The Bertz CT molecular complexity index is 551. The van der Waals surface area contributed by atoms with E-state index in [1.807, 2.05) is 4.68 Å². The highest BCUT2D eigenvalue weighted by Gasteiger charge is 2.21. The molecule has 0 amide bonds. The molecule has 0 atom stereocenters. The van der Waals surface area contributed by atoms with Crippen molar-refractivity contribution in [2.24, 2.45) is 0 Å². The van der Waals surface area contributed by atoms with E-state index in [4.69, 9.17) is 4.74 Å². The Morgan fingerprint density at radius 1 is 1.31 bits per heavy atom. The molecule has 0 saturated carbocycles. The first-order valence-corrected chi connectivity index (χ1v) is 5.56. The molecule has 4 heteroatoms. The summed E-state index contributed by atoms with van der Waals surface area (Å²) in [5.74, 6) is 0.915. The van der Waals surface area contributed by atoms with Crippen molar-refractivity contribution in [3.8, 4) is 5.75 Å². The highest BCUT2D eigenvalue weighted by atomic mass is 16.5. The summed E-state index contributed by atoms with van der Waals surface area (Å²) in [6.45, 7) is 8.04. The van der Waals surface area contributed by atoms with Crippen LogP contribution in [0.5, 0.6) is 5.75 Å². The predicted molar refractivity (Wildman–Crippen MR) is 61.7 cm³/mol. The first kappa shape index (κ1) is 9.63. The number of hydrogen-bond acceptors (Lipinski definition) is 3. The van der Waals surface area contributed by atoms with Gasteiger partial charge in [-0.2, -0.15) is 0 Å². The molecule has 1 aromatic carbocycles. The SMILES string of the molecule is CC(C)(C)c1cc2c3c(c1)nnn3CCO2. The molecule has 1 aromatic heterocycles. The lowest BCUT2D eigenvalue weighted by Crippen LogP contribution is -2.17. The van der Waals surface area contributed by atoms with E-state index in [0.29, 0.717) is 6.61 Å². The lowest BCUT2D eigenvalue weighted by Gasteiger charge is -2.22. The highest BCUT2D eigenvalue weighted by Crippen LogP contribution is 2.33. The summed E-state index contributed by atoms with van der Waals surface area (Å²) in [6.07, 6.45) is 0. The Morgan fingerprint density at radius 3 is 2.88 bits per heavy atom. The van der Waals surface area contributed by atoms with E-state index < -0.39 is 0 Å². The van der Waals surface area contributed by atoms with Gasteiger partial charge in [-0.15, -0.1) is 5.10 Å².